The number of rotatable bonds is 5. The number of H-pyrrole nitrogens is 1. The molecule has 11 heteroatoms. The third-order valence-corrected chi connectivity index (χ3v) is 5.60. The number of hydrogen-bond acceptors (Lipinski definition) is 5. The van der Waals surface area contributed by atoms with Crippen LogP contribution in [-0.2, 0) is 6.54 Å². The van der Waals surface area contributed by atoms with E-state index in [1.54, 1.807) is 29.4 Å². The minimum absolute atomic E-state index is 0.00536. The fraction of sp³-hybridized carbons (Fsp3) is 0.217. The molecule has 5 rings (SSSR count). The highest BCUT2D eigenvalue weighted by Crippen LogP contribution is 2.29. The summed E-state index contributed by atoms with van der Waals surface area (Å²) < 4.78 is 54.0. The molecule has 1 aromatic carbocycles. The van der Waals surface area contributed by atoms with Gasteiger partial charge in [-0.1, -0.05) is 6.07 Å². The maximum atomic E-state index is 13.9. The van der Waals surface area contributed by atoms with Crippen molar-refractivity contribution in [2.45, 2.75) is 18.9 Å². The highest BCUT2D eigenvalue weighted by atomic mass is 19.3. The molecule has 1 amide bonds. The molecule has 0 aliphatic carbocycles. The van der Waals surface area contributed by atoms with E-state index < -0.39 is 29.3 Å². The van der Waals surface area contributed by atoms with E-state index in [-0.39, 0.29) is 18.7 Å². The molecular formula is C23H18F4N6O. The van der Waals surface area contributed by atoms with Gasteiger partial charge in [0.1, 0.15) is 5.82 Å². The Labute approximate surface area is 190 Å². The fourth-order valence-electron chi connectivity index (χ4n) is 3.97. The Morgan fingerprint density at radius 1 is 1.12 bits per heavy atom. The predicted octanol–water partition coefficient (Wildman–Crippen LogP) is 4.39. The molecule has 2 N–H and O–H groups in total. The summed E-state index contributed by atoms with van der Waals surface area (Å²) in [4.78, 5) is 22.2. The van der Waals surface area contributed by atoms with Gasteiger partial charge in [-0.15, -0.1) is 0 Å². The molecule has 0 bridgehead atoms. The molecule has 7 nitrogen and oxygen atoms in total. The molecule has 0 spiro atoms. The van der Waals surface area contributed by atoms with Crippen LogP contribution in [0.3, 0.4) is 0 Å². The van der Waals surface area contributed by atoms with Crippen LogP contribution in [0.1, 0.15) is 22.5 Å². The summed E-state index contributed by atoms with van der Waals surface area (Å²) >= 11 is 0. The lowest BCUT2D eigenvalue weighted by Crippen LogP contribution is -2.24. The number of carbonyl (C=O) groups is 1. The summed E-state index contributed by atoms with van der Waals surface area (Å²) in [6.45, 7) is 0.397. The van der Waals surface area contributed by atoms with Gasteiger partial charge in [0, 0.05) is 48.9 Å². The smallest absolute Gasteiger partial charge is 0.278 e. The third-order valence-electron chi connectivity index (χ3n) is 5.60. The second-order valence-electron chi connectivity index (χ2n) is 8.17. The van der Waals surface area contributed by atoms with Gasteiger partial charge in [-0.05, 0) is 29.3 Å². The summed E-state index contributed by atoms with van der Waals surface area (Å²) in [5.74, 6) is -5.67. The van der Waals surface area contributed by atoms with Crippen molar-refractivity contribution in [1.82, 2.24) is 25.1 Å². The predicted molar refractivity (Wildman–Crippen MR) is 116 cm³/mol. The number of hydrogen-bond donors (Lipinski definition) is 2. The molecule has 3 aromatic heterocycles. The van der Waals surface area contributed by atoms with E-state index in [9.17, 15) is 22.4 Å². The van der Waals surface area contributed by atoms with Crippen molar-refractivity contribution in [3.63, 3.8) is 0 Å². The van der Waals surface area contributed by atoms with Gasteiger partial charge in [0.05, 0.1) is 18.3 Å². The van der Waals surface area contributed by atoms with E-state index in [0.29, 0.717) is 30.1 Å². The summed E-state index contributed by atoms with van der Waals surface area (Å²) in [6, 6.07) is 7.76. The average molecular weight is 470 g/mol. The van der Waals surface area contributed by atoms with Crippen molar-refractivity contribution in [3.8, 4) is 11.1 Å². The van der Waals surface area contributed by atoms with Crippen molar-refractivity contribution < 1.29 is 22.4 Å². The number of nitrogens with zero attached hydrogens (tertiary/aromatic N) is 4. The lowest BCUT2D eigenvalue weighted by molar-refractivity contribution is 0.0115. The molecule has 1 aliphatic rings. The van der Waals surface area contributed by atoms with E-state index in [1.807, 2.05) is 12.1 Å². The van der Waals surface area contributed by atoms with E-state index in [0.717, 1.165) is 22.9 Å². The van der Waals surface area contributed by atoms with Gasteiger partial charge >= 0.3 is 0 Å². The zero-order valence-corrected chi connectivity index (χ0v) is 17.7. The van der Waals surface area contributed by atoms with Crippen LogP contribution in [0.2, 0.25) is 0 Å². The fourth-order valence-corrected chi connectivity index (χ4v) is 3.97. The molecule has 1 fully saturated rings. The Morgan fingerprint density at radius 2 is 1.97 bits per heavy atom. The Kier molecular flexibility index (Phi) is 5.48. The van der Waals surface area contributed by atoms with E-state index in [2.05, 4.69) is 25.5 Å². The standard InChI is InChI=1S/C23H18F4N6O/c24-16-7-18(25)21(29-10-16)30-22(34)20-17-6-14(1-2-19(17)31-32-20)15-5-13(8-28-9-15)11-33-4-3-23(26,27)12-33/h1-2,5-10H,3-4,11-12H2,(H,31,32)(H,29,30,34). The van der Waals surface area contributed by atoms with Crippen molar-refractivity contribution >= 4 is 22.6 Å². The number of amides is 1. The van der Waals surface area contributed by atoms with E-state index >= 15 is 0 Å². The van der Waals surface area contributed by atoms with Crippen LogP contribution in [-0.4, -0.2) is 50.0 Å². The number of fused-ring (bicyclic) bond motifs is 1. The molecule has 0 atom stereocenters. The van der Waals surface area contributed by atoms with Gasteiger partial charge in [-0.2, -0.15) is 5.10 Å². The molecule has 4 heterocycles. The number of carbonyl (C=O) groups excluding carboxylic acids is 1. The summed E-state index contributed by atoms with van der Waals surface area (Å²) in [5, 5.41) is 9.53. The Bertz CT molecular complexity index is 1390. The molecule has 0 saturated carbocycles. The number of pyridine rings is 2. The molecular weight excluding hydrogens is 452 g/mol. The number of aromatic amines is 1. The number of likely N-dealkylation sites (tertiary alicyclic amines) is 1. The number of halogens is 4. The maximum Gasteiger partial charge on any atom is 0.278 e. The van der Waals surface area contributed by atoms with Crippen LogP contribution in [0.5, 0.6) is 0 Å². The van der Waals surface area contributed by atoms with Gasteiger partial charge in [0.15, 0.2) is 17.3 Å². The summed E-state index contributed by atoms with van der Waals surface area (Å²) in [6.07, 6.45) is 3.92. The van der Waals surface area contributed by atoms with Crippen molar-refractivity contribution in [3.05, 3.63) is 71.8 Å². The largest absolute Gasteiger partial charge is 0.303 e. The maximum absolute atomic E-state index is 13.9. The van der Waals surface area contributed by atoms with Gasteiger partial charge < -0.3 is 5.32 Å². The SMILES string of the molecule is O=C(Nc1ncc(F)cc1F)c1n[nH]c2ccc(-c3cncc(CN4CCC(F)(F)C4)c3)cc12. The van der Waals surface area contributed by atoms with Crippen LogP contribution in [0.25, 0.3) is 22.0 Å². The molecule has 0 unspecified atom stereocenters. The van der Waals surface area contributed by atoms with Gasteiger partial charge in [0.2, 0.25) is 0 Å². The van der Waals surface area contributed by atoms with Crippen LogP contribution >= 0.6 is 0 Å². The Balaban J connectivity index is 1.40. The number of nitrogens with one attached hydrogen (secondary N) is 2. The second-order valence-corrected chi connectivity index (χ2v) is 8.17. The normalized spacial score (nSPS) is 15.6. The zero-order valence-electron chi connectivity index (χ0n) is 17.7. The van der Waals surface area contributed by atoms with Gasteiger partial charge in [-0.25, -0.2) is 22.5 Å². The second kappa shape index (κ2) is 8.49. The molecule has 4 aromatic rings. The van der Waals surface area contributed by atoms with E-state index in [4.69, 9.17) is 0 Å². The lowest BCUT2D eigenvalue weighted by atomic mass is 10.0. The number of benzene rings is 1. The lowest BCUT2D eigenvalue weighted by Gasteiger charge is -2.15. The molecule has 0 radical (unpaired) electrons. The highest BCUT2D eigenvalue weighted by Gasteiger charge is 2.37. The number of anilines is 1. The first-order valence-electron chi connectivity index (χ1n) is 10.4. The first-order chi connectivity index (χ1) is 16.3. The first kappa shape index (κ1) is 22.0. The molecule has 174 valence electrons. The quantitative estimate of drug-likeness (QED) is 0.423. The average Bonchev–Trinajstić information content (AvgIpc) is 3.38. The third kappa shape index (κ3) is 4.46. The van der Waals surface area contributed by atoms with Gasteiger partial charge in [0.25, 0.3) is 11.8 Å². The highest BCUT2D eigenvalue weighted by molar-refractivity contribution is 6.11. The van der Waals surface area contributed by atoms with Crippen LogP contribution in [0, 0.1) is 11.6 Å². The van der Waals surface area contributed by atoms with Gasteiger partial charge in [-0.3, -0.25) is 19.8 Å². The number of aromatic nitrogens is 4. The van der Waals surface area contributed by atoms with E-state index in [1.165, 1.54) is 0 Å². The summed E-state index contributed by atoms with van der Waals surface area (Å²) in [7, 11) is 0. The minimum atomic E-state index is -2.67. The Hall–Kier alpha value is -3.86. The molecule has 1 aliphatic heterocycles. The molecule has 1 saturated heterocycles. The number of alkyl halides is 2. The van der Waals surface area contributed by atoms with Crippen LogP contribution < -0.4 is 5.32 Å². The van der Waals surface area contributed by atoms with Crippen LogP contribution in [0.15, 0.2) is 48.9 Å². The summed E-state index contributed by atoms with van der Waals surface area (Å²) in [5.41, 5.74) is 2.84. The Morgan fingerprint density at radius 3 is 2.74 bits per heavy atom. The van der Waals surface area contributed by atoms with Crippen LogP contribution in [0.4, 0.5) is 23.4 Å². The van der Waals surface area contributed by atoms with Crippen molar-refractivity contribution in [2.24, 2.45) is 0 Å². The monoisotopic (exact) mass is 470 g/mol. The van der Waals surface area contributed by atoms with Crippen molar-refractivity contribution in [1.29, 1.82) is 0 Å². The first-order valence-corrected chi connectivity index (χ1v) is 10.4. The molecule has 34 heavy (non-hydrogen) atoms. The minimum Gasteiger partial charge on any atom is -0.303 e. The zero-order chi connectivity index (χ0) is 23.9. The van der Waals surface area contributed by atoms with Crippen molar-refractivity contribution in [2.75, 3.05) is 18.4 Å². The topological polar surface area (TPSA) is 86.8 Å².